The zero-order valence-electron chi connectivity index (χ0n) is 18.9. The van der Waals surface area contributed by atoms with Gasteiger partial charge in [0.2, 0.25) is 5.91 Å². The lowest BCUT2D eigenvalue weighted by Crippen LogP contribution is -2.67. The van der Waals surface area contributed by atoms with E-state index in [4.69, 9.17) is 0 Å². The molecule has 0 bridgehead atoms. The highest BCUT2D eigenvalue weighted by molar-refractivity contribution is 6.06. The van der Waals surface area contributed by atoms with Crippen molar-refractivity contribution in [3.63, 3.8) is 0 Å². The number of amides is 3. The lowest BCUT2D eigenvalue weighted by molar-refractivity contribution is -0.144. The Balaban J connectivity index is 1.38. The number of aromatic hydroxyl groups is 1. The van der Waals surface area contributed by atoms with Crippen LogP contribution in [0.1, 0.15) is 30.0 Å². The highest BCUT2D eigenvalue weighted by Crippen LogP contribution is 2.57. The summed E-state index contributed by atoms with van der Waals surface area (Å²) in [5, 5.41) is 12.7. The van der Waals surface area contributed by atoms with E-state index in [-0.39, 0.29) is 29.5 Å². The molecule has 0 aliphatic carbocycles. The average Bonchev–Trinajstić information content (AvgIpc) is 2.85. The third-order valence-corrected chi connectivity index (χ3v) is 7.07. The number of aryl methyl sites for hydroxylation is 1. The number of halogens is 1. The largest absolute Gasteiger partial charge is 0.508 e. The van der Waals surface area contributed by atoms with Crippen molar-refractivity contribution in [1.29, 1.82) is 0 Å². The SMILES string of the molecule is Cc1ccccc1NC(=O)N1CCC2(CC1)C(=O)N(c1ccc(F)cc1)C2c1ccc(O)cc1. The predicted octanol–water partition coefficient (Wildman–Crippen LogP) is 5.24. The second-order valence-electron chi connectivity index (χ2n) is 9.03. The van der Waals surface area contributed by atoms with Crippen LogP contribution in [-0.2, 0) is 4.79 Å². The van der Waals surface area contributed by atoms with Crippen LogP contribution < -0.4 is 10.2 Å². The third kappa shape index (κ3) is 3.67. The van der Waals surface area contributed by atoms with Crippen LogP contribution in [0, 0.1) is 18.2 Å². The number of carbonyl (C=O) groups is 2. The molecule has 174 valence electrons. The number of para-hydroxylation sites is 1. The summed E-state index contributed by atoms with van der Waals surface area (Å²) in [5.41, 5.74) is 2.65. The van der Waals surface area contributed by atoms with E-state index >= 15 is 0 Å². The Bertz CT molecular complexity index is 1220. The number of β-lactam (4-membered cyclic amide) rings is 1. The maximum absolute atomic E-state index is 13.6. The lowest BCUT2D eigenvalue weighted by atomic mass is 9.62. The molecule has 7 heteroatoms. The zero-order valence-corrected chi connectivity index (χ0v) is 18.9. The molecule has 2 saturated heterocycles. The number of rotatable bonds is 3. The van der Waals surface area contributed by atoms with Gasteiger partial charge in [0.25, 0.3) is 0 Å². The topological polar surface area (TPSA) is 72.9 Å². The van der Waals surface area contributed by atoms with Crippen molar-refractivity contribution in [2.45, 2.75) is 25.8 Å². The highest BCUT2D eigenvalue weighted by Gasteiger charge is 2.62. The Hall–Kier alpha value is -3.87. The van der Waals surface area contributed by atoms with E-state index in [1.54, 1.807) is 34.1 Å². The molecule has 3 amide bonds. The number of carbonyl (C=O) groups excluding carboxylic acids is 2. The quantitative estimate of drug-likeness (QED) is 0.526. The van der Waals surface area contributed by atoms with E-state index in [1.165, 1.54) is 12.1 Å². The van der Waals surface area contributed by atoms with E-state index in [1.807, 2.05) is 43.3 Å². The predicted molar refractivity (Wildman–Crippen MR) is 128 cm³/mol. The number of anilines is 2. The average molecular weight is 460 g/mol. The van der Waals surface area contributed by atoms with Gasteiger partial charge in [-0.05, 0) is 73.4 Å². The molecule has 1 unspecified atom stereocenters. The first-order valence-corrected chi connectivity index (χ1v) is 11.4. The molecule has 3 aromatic rings. The van der Waals surface area contributed by atoms with Crippen molar-refractivity contribution >= 4 is 23.3 Å². The van der Waals surface area contributed by atoms with Crippen molar-refractivity contribution in [1.82, 2.24) is 4.90 Å². The van der Waals surface area contributed by atoms with E-state index in [2.05, 4.69) is 5.32 Å². The molecule has 2 aliphatic heterocycles. The number of nitrogens with zero attached hydrogens (tertiary/aromatic N) is 2. The number of likely N-dealkylation sites (tertiary alicyclic amines) is 1. The van der Waals surface area contributed by atoms with Crippen LogP contribution in [0.15, 0.2) is 72.8 Å². The summed E-state index contributed by atoms with van der Waals surface area (Å²) in [6.45, 7) is 2.85. The summed E-state index contributed by atoms with van der Waals surface area (Å²) in [4.78, 5) is 29.9. The van der Waals surface area contributed by atoms with Gasteiger partial charge in [-0.3, -0.25) is 4.79 Å². The number of piperidine rings is 1. The fraction of sp³-hybridized carbons (Fsp3) is 0.259. The first kappa shape index (κ1) is 21.9. The summed E-state index contributed by atoms with van der Waals surface area (Å²) in [5.74, 6) is -0.226. The van der Waals surface area contributed by atoms with E-state index in [0.717, 1.165) is 16.8 Å². The van der Waals surface area contributed by atoms with Gasteiger partial charge < -0.3 is 20.2 Å². The fourth-order valence-corrected chi connectivity index (χ4v) is 5.15. The number of phenolic OH excluding ortho intramolecular Hbond substituents is 1. The summed E-state index contributed by atoms with van der Waals surface area (Å²) in [6.07, 6.45) is 1.05. The maximum atomic E-state index is 13.6. The van der Waals surface area contributed by atoms with Gasteiger partial charge in [-0.25, -0.2) is 9.18 Å². The van der Waals surface area contributed by atoms with Crippen molar-refractivity contribution in [2.24, 2.45) is 5.41 Å². The Morgan fingerprint density at radius 2 is 1.65 bits per heavy atom. The molecule has 2 fully saturated rings. The van der Waals surface area contributed by atoms with Crippen LogP contribution in [0.4, 0.5) is 20.6 Å². The van der Waals surface area contributed by atoms with E-state index < -0.39 is 5.41 Å². The minimum Gasteiger partial charge on any atom is -0.508 e. The molecule has 0 saturated carbocycles. The molecule has 34 heavy (non-hydrogen) atoms. The van der Waals surface area contributed by atoms with Crippen LogP contribution >= 0.6 is 0 Å². The molecule has 2 N–H and O–H groups in total. The van der Waals surface area contributed by atoms with E-state index in [9.17, 15) is 19.1 Å². The van der Waals surface area contributed by atoms with Gasteiger partial charge in [0.15, 0.2) is 0 Å². The van der Waals surface area contributed by atoms with Gasteiger partial charge in [-0.15, -0.1) is 0 Å². The van der Waals surface area contributed by atoms with Crippen LogP contribution in [0.2, 0.25) is 0 Å². The fourth-order valence-electron chi connectivity index (χ4n) is 5.15. The number of urea groups is 1. The van der Waals surface area contributed by atoms with Gasteiger partial charge in [0.1, 0.15) is 11.6 Å². The number of phenols is 1. The molecule has 2 aliphatic rings. The van der Waals surface area contributed by atoms with Crippen LogP contribution in [0.5, 0.6) is 5.75 Å². The van der Waals surface area contributed by atoms with Crippen LogP contribution in [0.3, 0.4) is 0 Å². The van der Waals surface area contributed by atoms with Crippen LogP contribution in [0.25, 0.3) is 0 Å². The summed E-state index contributed by atoms with van der Waals surface area (Å²) >= 11 is 0. The van der Waals surface area contributed by atoms with Crippen molar-refractivity contribution in [3.8, 4) is 5.75 Å². The normalized spacial score (nSPS) is 19.1. The molecule has 1 atom stereocenters. The third-order valence-electron chi connectivity index (χ3n) is 7.07. The molecule has 0 aromatic heterocycles. The Morgan fingerprint density at radius 1 is 1.00 bits per heavy atom. The number of hydrogen-bond donors (Lipinski definition) is 2. The molecule has 2 heterocycles. The minimum atomic E-state index is -0.648. The number of hydrogen-bond acceptors (Lipinski definition) is 3. The van der Waals surface area contributed by atoms with Gasteiger partial charge in [0, 0.05) is 24.5 Å². The first-order chi connectivity index (χ1) is 16.4. The number of benzene rings is 3. The summed E-state index contributed by atoms with van der Waals surface area (Å²) in [6, 6.07) is 20.0. The smallest absolute Gasteiger partial charge is 0.321 e. The molecule has 5 rings (SSSR count). The van der Waals surface area contributed by atoms with Gasteiger partial charge >= 0.3 is 6.03 Å². The second-order valence-corrected chi connectivity index (χ2v) is 9.03. The second kappa shape index (κ2) is 8.48. The Morgan fingerprint density at radius 3 is 2.29 bits per heavy atom. The minimum absolute atomic E-state index is 0.0175. The van der Waals surface area contributed by atoms with Crippen molar-refractivity contribution in [2.75, 3.05) is 23.3 Å². The first-order valence-electron chi connectivity index (χ1n) is 11.4. The van der Waals surface area contributed by atoms with Gasteiger partial charge in [-0.2, -0.15) is 0 Å². The van der Waals surface area contributed by atoms with Gasteiger partial charge in [0.05, 0.1) is 11.5 Å². The van der Waals surface area contributed by atoms with Crippen molar-refractivity contribution in [3.05, 3.63) is 89.7 Å². The highest BCUT2D eigenvalue weighted by atomic mass is 19.1. The zero-order chi connectivity index (χ0) is 23.9. The maximum Gasteiger partial charge on any atom is 0.321 e. The van der Waals surface area contributed by atoms with E-state index in [0.29, 0.717) is 31.6 Å². The van der Waals surface area contributed by atoms with Gasteiger partial charge in [-0.1, -0.05) is 30.3 Å². The standard InChI is InChI=1S/C27H26FN3O3/c1-18-4-2-3-5-23(18)29-26(34)30-16-14-27(15-17-30)24(19-6-12-22(32)13-7-19)31(25(27)33)21-10-8-20(28)9-11-21/h2-13,24,32H,14-17H2,1H3,(H,29,34). The van der Waals surface area contributed by atoms with Crippen molar-refractivity contribution < 1.29 is 19.1 Å². The Labute approximate surface area is 197 Å². The number of nitrogens with one attached hydrogen (secondary N) is 1. The molecule has 0 radical (unpaired) electrons. The molecule has 3 aromatic carbocycles. The monoisotopic (exact) mass is 459 g/mol. The Kier molecular flexibility index (Phi) is 5.48. The molecular weight excluding hydrogens is 433 g/mol. The van der Waals surface area contributed by atoms with Crippen LogP contribution in [-0.4, -0.2) is 35.0 Å². The molecule has 6 nitrogen and oxygen atoms in total. The lowest BCUT2D eigenvalue weighted by Gasteiger charge is -2.59. The molecule has 1 spiro atoms. The summed E-state index contributed by atoms with van der Waals surface area (Å²) in [7, 11) is 0. The summed E-state index contributed by atoms with van der Waals surface area (Å²) < 4.78 is 13.5. The molecular formula is C27H26FN3O3.